The SMILES string of the molecule is COC[C@@H]1C[C@@H](O)CN1C(=O)NCC1CCN(c2ccccc2)C1. The Morgan fingerprint density at radius 1 is 1.33 bits per heavy atom. The number of para-hydroxylation sites is 1. The van der Waals surface area contributed by atoms with E-state index in [0.717, 1.165) is 19.5 Å². The normalized spacial score (nSPS) is 26.8. The molecule has 0 aliphatic carbocycles. The summed E-state index contributed by atoms with van der Waals surface area (Å²) in [6.45, 7) is 3.53. The first-order valence-corrected chi connectivity index (χ1v) is 8.69. The molecule has 2 aliphatic heterocycles. The van der Waals surface area contributed by atoms with Gasteiger partial charge >= 0.3 is 6.03 Å². The smallest absolute Gasteiger partial charge is 0.317 e. The molecule has 0 aromatic heterocycles. The van der Waals surface area contributed by atoms with Gasteiger partial charge in [0.1, 0.15) is 0 Å². The van der Waals surface area contributed by atoms with E-state index in [1.54, 1.807) is 12.0 Å². The van der Waals surface area contributed by atoms with E-state index in [4.69, 9.17) is 4.74 Å². The highest BCUT2D eigenvalue weighted by Gasteiger charge is 2.34. The fourth-order valence-electron chi connectivity index (χ4n) is 3.70. The molecule has 2 saturated heterocycles. The predicted octanol–water partition coefficient (Wildman–Crippen LogP) is 1.30. The number of methoxy groups -OCH3 is 1. The van der Waals surface area contributed by atoms with Crippen LogP contribution >= 0.6 is 0 Å². The number of aliphatic hydroxyl groups excluding tert-OH is 1. The van der Waals surface area contributed by atoms with Crippen LogP contribution in [0.3, 0.4) is 0 Å². The number of β-amino-alcohol motifs (C(OH)–C–C–N with tert-alkyl or cyclic N) is 1. The van der Waals surface area contributed by atoms with E-state index >= 15 is 0 Å². The predicted molar refractivity (Wildman–Crippen MR) is 93.2 cm³/mol. The molecule has 0 spiro atoms. The second-order valence-electron chi connectivity index (χ2n) is 6.77. The third-order valence-electron chi connectivity index (χ3n) is 4.96. The zero-order valence-corrected chi connectivity index (χ0v) is 14.2. The topological polar surface area (TPSA) is 65.0 Å². The van der Waals surface area contributed by atoms with Gasteiger partial charge in [0.05, 0.1) is 18.8 Å². The summed E-state index contributed by atoms with van der Waals surface area (Å²) >= 11 is 0. The van der Waals surface area contributed by atoms with Crippen molar-refractivity contribution in [1.82, 2.24) is 10.2 Å². The van der Waals surface area contributed by atoms with E-state index in [2.05, 4.69) is 34.5 Å². The summed E-state index contributed by atoms with van der Waals surface area (Å²) in [5.41, 5.74) is 1.24. The minimum absolute atomic E-state index is 0.0330. The zero-order valence-electron chi connectivity index (χ0n) is 14.2. The van der Waals surface area contributed by atoms with Crippen molar-refractivity contribution in [2.75, 3.05) is 44.8 Å². The third kappa shape index (κ3) is 3.99. The Labute approximate surface area is 143 Å². The van der Waals surface area contributed by atoms with Gasteiger partial charge in [-0.15, -0.1) is 0 Å². The van der Waals surface area contributed by atoms with Gasteiger partial charge in [-0.05, 0) is 30.9 Å². The Morgan fingerprint density at radius 2 is 2.12 bits per heavy atom. The number of amides is 2. The van der Waals surface area contributed by atoms with Crippen molar-refractivity contribution in [3.05, 3.63) is 30.3 Å². The molecule has 24 heavy (non-hydrogen) atoms. The van der Waals surface area contributed by atoms with Crippen LogP contribution in [-0.2, 0) is 4.74 Å². The highest BCUT2D eigenvalue weighted by molar-refractivity contribution is 5.75. The standard InChI is InChI=1S/C18H27N3O3/c1-24-13-16-9-17(22)12-21(16)18(23)19-10-14-7-8-20(11-14)15-5-3-2-4-6-15/h2-6,14,16-17,22H,7-13H2,1H3,(H,19,23)/t14?,16-,17+/m0/s1. The summed E-state index contributed by atoms with van der Waals surface area (Å²) in [4.78, 5) is 16.5. The van der Waals surface area contributed by atoms with Gasteiger partial charge in [0.15, 0.2) is 0 Å². The average Bonchev–Trinajstić information content (AvgIpc) is 3.21. The van der Waals surface area contributed by atoms with Gasteiger partial charge in [0.2, 0.25) is 0 Å². The second kappa shape index (κ2) is 7.85. The number of nitrogens with one attached hydrogen (secondary N) is 1. The number of hydrogen-bond acceptors (Lipinski definition) is 4. The molecule has 2 amide bonds. The summed E-state index contributed by atoms with van der Waals surface area (Å²) in [6.07, 6.45) is 1.22. The van der Waals surface area contributed by atoms with Crippen molar-refractivity contribution in [1.29, 1.82) is 0 Å². The number of urea groups is 1. The number of aliphatic hydroxyl groups is 1. The van der Waals surface area contributed by atoms with Crippen LogP contribution in [0.2, 0.25) is 0 Å². The molecule has 1 unspecified atom stereocenters. The molecule has 1 aromatic rings. The van der Waals surface area contributed by atoms with Crippen LogP contribution in [0, 0.1) is 5.92 Å². The molecule has 2 heterocycles. The van der Waals surface area contributed by atoms with Crippen LogP contribution in [0.1, 0.15) is 12.8 Å². The van der Waals surface area contributed by atoms with Crippen LogP contribution in [0.25, 0.3) is 0 Å². The number of rotatable bonds is 5. The number of carbonyl (C=O) groups is 1. The average molecular weight is 333 g/mol. The van der Waals surface area contributed by atoms with Crippen molar-refractivity contribution in [2.45, 2.75) is 25.0 Å². The quantitative estimate of drug-likeness (QED) is 0.853. The monoisotopic (exact) mass is 333 g/mol. The van der Waals surface area contributed by atoms with Gasteiger partial charge in [-0.2, -0.15) is 0 Å². The van der Waals surface area contributed by atoms with Crippen LogP contribution in [0.4, 0.5) is 10.5 Å². The Bertz CT molecular complexity index is 540. The van der Waals surface area contributed by atoms with Gasteiger partial charge in [0.25, 0.3) is 0 Å². The Balaban J connectivity index is 1.47. The Hall–Kier alpha value is -1.79. The first kappa shape index (κ1) is 17.0. The van der Waals surface area contributed by atoms with Crippen LogP contribution in [0.5, 0.6) is 0 Å². The fraction of sp³-hybridized carbons (Fsp3) is 0.611. The maximum Gasteiger partial charge on any atom is 0.317 e. The highest BCUT2D eigenvalue weighted by Crippen LogP contribution is 2.23. The first-order valence-electron chi connectivity index (χ1n) is 8.69. The van der Waals surface area contributed by atoms with Crippen molar-refractivity contribution >= 4 is 11.7 Å². The highest BCUT2D eigenvalue weighted by atomic mass is 16.5. The van der Waals surface area contributed by atoms with Gasteiger partial charge in [-0.1, -0.05) is 18.2 Å². The summed E-state index contributed by atoms with van der Waals surface area (Å²) in [6, 6.07) is 10.3. The fourth-order valence-corrected chi connectivity index (χ4v) is 3.70. The van der Waals surface area contributed by atoms with Crippen molar-refractivity contribution in [2.24, 2.45) is 5.92 Å². The van der Waals surface area contributed by atoms with Crippen molar-refractivity contribution in [3.63, 3.8) is 0 Å². The lowest BCUT2D eigenvalue weighted by molar-refractivity contribution is 0.123. The summed E-state index contributed by atoms with van der Waals surface area (Å²) < 4.78 is 5.16. The van der Waals surface area contributed by atoms with E-state index in [0.29, 0.717) is 32.0 Å². The molecule has 0 bridgehead atoms. The lowest BCUT2D eigenvalue weighted by Gasteiger charge is -2.25. The molecule has 2 N–H and O–H groups in total. The number of carbonyl (C=O) groups excluding carboxylic acids is 1. The molecule has 2 aliphatic rings. The lowest BCUT2D eigenvalue weighted by atomic mass is 10.1. The van der Waals surface area contributed by atoms with Gasteiger partial charge in [-0.25, -0.2) is 4.79 Å². The number of anilines is 1. The molecule has 0 saturated carbocycles. The molecule has 3 atom stereocenters. The van der Waals surface area contributed by atoms with E-state index in [-0.39, 0.29) is 12.1 Å². The third-order valence-corrected chi connectivity index (χ3v) is 4.96. The van der Waals surface area contributed by atoms with Gasteiger partial charge < -0.3 is 25.0 Å². The molecular formula is C18H27N3O3. The minimum atomic E-state index is -0.448. The largest absolute Gasteiger partial charge is 0.391 e. The van der Waals surface area contributed by atoms with E-state index < -0.39 is 6.10 Å². The Morgan fingerprint density at radius 3 is 2.88 bits per heavy atom. The summed E-state index contributed by atoms with van der Waals surface area (Å²) in [5, 5.41) is 12.8. The molecule has 6 heteroatoms. The molecule has 0 radical (unpaired) electrons. The lowest BCUT2D eigenvalue weighted by Crippen LogP contribution is -2.46. The number of hydrogen-bond donors (Lipinski definition) is 2. The molecule has 132 valence electrons. The van der Waals surface area contributed by atoms with E-state index in [1.807, 2.05) is 6.07 Å². The molecule has 1 aromatic carbocycles. The number of likely N-dealkylation sites (tertiary alicyclic amines) is 1. The molecule has 6 nitrogen and oxygen atoms in total. The van der Waals surface area contributed by atoms with Crippen LogP contribution < -0.4 is 10.2 Å². The molecule has 2 fully saturated rings. The number of benzene rings is 1. The van der Waals surface area contributed by atoms with Gasteiger partial charge in [0, 0.05) is 39.0 Å². The van der Waals surface area contributed by atoms with Crippen molar-refractivity contribution < 1.29 is 14.6 Å². The summed E-state index contributed by atoms with van der Waals surface area (Å²) in [5.74, 6) is 0.461. The van der Waals surface area contributed by atoms with Crippen molar-refractivity contribution in [3.8, 4) is 0 Å². The number of nitrogens with zero attached hydrogens (tertiary/aromatic N) is 2. The van der Waals surface area contributed by atoms with E-state index in [1.165, 1.54) is 5.69 Å². The Kier molecular flexibility index (Phi) is 5.58. The maximum atomic E-state index is 12.4. The molecule has 3 rings (SSSR count). The van der Waals surface area contributed by atoms with Crippen LogP contribution in [0.15, 0.2) is 30.3 Å². The molecular weight excluding hydrogens is 306 g/mol. The zero-order chi connectivity index (χ0) is 16.9. The van der Waals surface area contributed by atoms with Crippen LogP contribution in [-0.4, -0.2) is 68.1 Å². The van der Waals surface area contributed by atoms with Gasteiger partial charge in [-0.3, -0.25) is 0 Å². The first-order chi connectivity index (χ1) is 11.7. The number of ether oxygens (including phenoxy) is 1. The maximum absolute atomic E-state index is 12.4. The van der Waals surface area contributed by atoms with E-state index in [9.17, 15) is 9.90 Å². The second-order valence-corrected chi connectivity index (χ2v) is 6.77. The summed E-state index contributed by atoms with van der Waals surface area (Å²) in [7, 11) is 1.62. The minimum Gasteiger partial charge on any atom is -0.391 e.